The monoisotopic (exact) mass is 125 g/mol. The summed E-state index contributed by atoms with van der Waals surface area (Å²) < 4.78 is 0. The lowest BCUT2D eigenvalue weighted by atomic mass is 10.3. The van der Waals surface area contributed by atoms with Gasteiger partial charge in [0.25, 0.3) is 5.75 Å². The Kier molecular flexibility index (Phi) is 4.60. The summed E-state index contributed by atoms with van der Waals surface area (Å²) >= 11 is 0. The molecule has 0 aliphatic carbocycles. The molecule has 1 rings (SSSR count). The van der Waals surface area contributed by atoms with Crippen molar-refractivity contribution in [2.24, 2.45) is 0 Å². The van der Waals surface area contributed by atoms with Gasteiger partial charge in [0.2, 0.25) is 0 Å². The fourth-order valence-electron chi connectivity index (χ4n) is 0.438. The molecule has 1 aromatic rings. The Hall–Kier alpha value is -0.980. The smallest absolute Gasteiger partial charge is 0.253 e. The van der Waals surface area contributed by atoms with Crippen molar-refractivity contribution in [2.75, 3.05) is 0 Å². The van der Waals surface area contributed by atoms with Gasteiger partial charge < -0.3 is 5.11 Å². The highest BCUT2D eigenvalue weighted by molar-refractivity contribution is 5.18. The van der Waals surface area contributed by atoms with Crippen LogP contribution in [0.3, 0.4) is 0 Å². The minimum Gasteiger partial charge on any atom is -0.593 e. The molecule has 0 atom stereocenters. The molecule has 0 fully saturated rings. The second-order valence-electron chi connectivity index (χ2n) is 1.37. The third kappa shape index (κ3) is 3.59. The molecule has 0 saturated heterocycles. The second-order valence-corrected chi connectivity index (χ2v) is 1.37. The number of para-hydroxylation sites is 1. The SMILES string of the molecule is CC.[OH2+]c1ccccc1. The van der Waals surface area contributed by atoms with Gasteiger partial charge in [0.1, 0.15) is 0 Å². The van der Waals surface area contributed by atoms with Crippen molar-refractivity contribution >= 4 is 0 Å². The third-order valence-corrected chi connectivity index (χ3v) is 0.774. The summed E-state index contributed by atoms with van der Waals surface area (Å²) in [7, 11) is 0. The van der Waals surface area contributed by atoms with E-state index in [0.717, 1.165) is 0 Å². The summed E-state index contributed by atoms with van der Waals surface area (Å²) in [5.74, 6) is 0.572. The second kappa shape index (κ2) is 5.16. The molecule has 1 heteroatoms. The predicted molar refractivity (Wildman–Crippen MR) is 40.8 cm³/mol. The molecule has 0 heterocycles. The van der Waals surface area contributed by atoms with Crippen LogP contribution in [-0.4, -0.2) is 5.11 Å². The van der Waals surface area contributed by atoms with E-state index in [1.165, 1.54) is 0 Å². The van der Waals surface area contributed by atoms with Crippen LogP contribution in [0, 0.1) is 0 Å². The Balaban J connectivity index is 0.000000291. The Morgan fingerprint density at radius 2 is 1.44 bits per heavy atom. The van der Waals surface area contributed by atoms with Crippen LogP contribution in [-0.2, 0) is 0 Å². The van der Waals surface area contributed by atoms with Crippen molar-refractivity contribution in [1.29, 1.82) is 0 Å². The molecule has 2 N–H and O–H groups in total. The number of hydrogen-bond acceptors (Lipinski definition) is 0. The first-order valence-electron chi connectivity index (χ1n) is 3.16. The van der Waals surface area contributed by atoms with E-state index >= 15 is 0 Å². The van der Waals surface area contributed by atoms with E-state index in [2.05, 4.69) is 0 Å². The van der Waals surface area contributed by atoms with Crippen LogP contribution >= 0.6 is 0 Å². The molecule has 0 radical (unpaired) electrons. The zero-order valence-corrected chi connectivity index (χ0v) is 5.89. The number of hydrogen-bond donors (Lipinski definition) is 0. The zero-order chi connectivity index (χ0) is 7.11. The molecule has 1 aromatic carbocycles. The minimum absolute atomic E-state index is 0.572. The van der Waals surface area contributed by atoms with Crippen LogP contribution in [0.5, 0.6) is 5.75 Å². The van der Waals surface area contributed by atoms with Gasteiger partial charge in [-0.3, -0.25) is 0 Å². The lowest BCUT2D eigenvalue weighted by Crippen LogP contribution is -1.56. The van der Waals surface area contributed by atoms with Crippen LogP contribution in [0.2, 0.25) is 0 Å². The normalized spacial score (nSPS) is 7.33. The summed E-state index contributed by atoms with van der Waals surface area (Å²) in [6, 6.07) is 9.10. The average Bonchev–Trinajstić information content (AvgIpc) is 1.94. The highest BCUT2D eigenvalue weighted by atomic mass is 16.3. The van der Waals surface area contributed by atoms with Crippen molar-refractivity contribution in [3.63, 3.8) is 0 Å². The number of benzene rings is 1. The van der Waals surface area contributed by atoms with Crippen molar-refractivity contribution in [3.8, 4) is 5.75 Å². The van der Waals surface area contributed by atoms with E-state index in [9.17, 15) is 0 Å². The summed E-state index contributed by atoms with van der Waals surface area (Å²) in [4.78, 5) is 0. The Bertz CT molecular complexity index is 134. The first-order valence-corrected chi connectivity index (χ1v) is 3.16. The number of rotatable bonds is 0. The fourth-order valence-corrected chi connectivity index (χ4v) is 0.438. The molecule has 50 valence electrons. The van der Waals surface area contributed by atoms with E-state index < -0.39 is 0 Å². The maximum atomic E-state index is 7.00. The Labute approximate surface area is 56.0 Å². The van der Waals surface area contributed by atoms with E-state index in [-0.39, 0.29) is 0 Å². The highest BCUT2D eigenvalue weighted by Crippen LogP contribution is 2.02. The van der Waals surface area contributed by atoms with Crippen molar-refractivity contribution < 1.29 is 5.11 Å². The van der Waals surface area contributed by atoms with Gasteiger partial charge in [-0.1, -0.05) is 32.0 Å². The maximum Gasteiger partial charge on any atom is 0.253 e. The van der Waals surface area contributed by atoms with Gasteiger partial charge in [-0.2, -0.15) is 0 Å². The van der Waals surface area contributed by atoms with E-state index in [1.807, 2.05) is 32.0 Å². The molecule has 0 spiro atoms. The molecule has 1 nitrogen and oxygen atoms in total. The quantitative estimate of drug-likeness (QED) is 0.474. The zero-order valence-electron chi connectivity index (χ0n) is 5.89. The summed E-state index contributed by atoms with van der Waals surface area (Å²) in [6.07, 6.45) is 0. The maximum absolute atomic E-state index is 7.00. The lowest BCUT2D eigenvalue weighted by molar-refractivity contribution is 0.475. The molecule has 0 aromatic heterocycles. The standard InChI is InChI=1S/C6H6O.C2H6/c7-6-4-2-1-3-5-6;1-2/h1-5,7H;1-2H3/p+1. The van der Waals surface area contributed by atoms with Gasteiger partial charge in [0.05, 0.1) is 0 Å². The summed E-state index contributed by atoms with van der Waals surface area (Å²) in [6.45, 7) is 4.00. The summed E-state index contributed by atoms with van der Waals surface area (Å²) in [5, 5.41) is 7.00. The van der Waals surface area contributed by atoms with Crippen LogP contribution in [0.4, 0.5) is 0 Å². The molecule has 0 aliphatic heterocycles. The molecular formula is C8H13O+. The van der Waals surface area contributed by atoms with E-state index in [4.69, 9.17) is 5.11 Å². The third-order valence-electron chi connectivity index (χ3n) is 0.774. The summed E-state index contributed by atoms with van der Waals surface area (Å²) in [5.41, 5.74) is 0. The van der Waals surface area contributed by atoms with Gasteiger partial charge in [-0.05, 0) is 0 Å². The largest absolute Gasteiger partial charge is 0.593 e. The van der Waals surface area contributed by atoms with Crippen LogP contribution in [0.15, 0.2) is 30.3 Å². The highest BCUT2D eigenvalue weighted by Gasteiger charge is 1.80. The molecule has 0 bridgehead atoms. The van der Waals surface area contributed by atoms with Gasteiger partial charge >= 0.3 is 0 Å². The molecule has 0 unspecified atom stereocenters. The van der Waals surface area contributed by atoms with Crippen molar-refractivity contribution in [3.05, 3.63) is 30.3 Å². The minimum atomic E-state index is 0.572. The first-order chi connectivity index (χ1) is 4.39. The van der Waals surface area contributed by atoms with Gasteiger partial charge in [0.15, 0.2) is 0 Å². The predicted octanol–water partition coefficient (Wildman–Crippen LogP) is 2.15. The van der Waals surface area contributed by atoms with Crippen LogP contribution < -0.4 is 0 Å². The topological polar surface area (TPSA) is 22.9 Å². The Morgan fingerprint density at radius 1 is 1.00 bits per heavy atom. The van der Waals surface area contributed by atoms with E-state index in [0.29, 0.717) is 5.75 Å². The lowest BCUT2D eigenvalue weighted by Gasteiger charge is -1.78. The molecule has 0 saturated carbocycles. The molecule has 0 aliphatic rings. The molecule has 0 amide bonds. The Morgan fingerprint density at radius 3 is 1.67 bits per heavy atom. The van der Waals surface area contributed by atoms with Crippen molar-refractivity contribution in [1.82, 2.24) is 0 Å². The first kappa shape index (κ1) is 8.02. The van der Waals surface area contributed by atoms with Gasteiger partial charge in [-0.15, -0.1) is 0 Å². The molecule has 9 heavy (non-hydrogen) atoms. The van der Waals surface area contributed by atoms with Crippen molar-refractivity contribution in [2.45, 2.75) is 13.8 Å². The average molecular weight is 125 g/mol. The van der Waals surface area contributed by atoms with Gasteiger partial charge in [0, 0.05) is 12.1 Å². The van der Waals surface area contributed by atoms with E-state index in [1.54, 1.807) is 12.1 Å². The van der Waals surface area contributed by atoms with Crippen LogP contribution in [0.25, 0.3) is 0 Å². The fraction of sp³-hybridized carbons (Fsp3) is 0.250. The van der Waals surface area contributed by atoms with Gasteiger partial charge in [-0.25, -0.2) is 0 Å². The van der Waals surface area contributed by atoms with Crippen LogP contribution in [0.1, 0.15) is 13.8 Å². The molecular weight excluding hydrogens is 112 g/mol.